The number of halogens is 3. The first-order chi connectivity index (χ1) is 18.2. The Labute approximate surface area is 224 Å². The lowest BCUT2D eigenvalue weighted by Crippen LogP contribution is -2.44. The SMILES string of the molecule is COc1ccc(OCC2c3cc(OC)c(OC)cc3CCN2C(=S)Nc2ccc(OC(F)(F)F)cc2)cc1. The zero-order chi connectivity index (χ0) is 27.3. The number of thiocarbonyl (C=S) groups is 1. The van der Waals surface area contributed by atoms with Gasteiger partial charge in [-0.2, -0.15) is 0 Å². The van der Waals surface area contributed by atoms with Crippen molar-refractivity contribution in [3.8, 4) is 28.7 Å². The van der Waals surface area contributed by atoms with Gasteiger partial charge in [-0.05, 0) is 90.4 Å². The molecule has 7 nitrogen and oxygen atoms in total. The highest BCUT2D eigenvalue weighted by Gasteiger charge is 2.32. The lowest BCUT2D eigenvalue weighted by atomic mass is 9.92. The van der Waals surface area contributed by atoms with Gasteiger partial charge in [0.15, 0.2) is 16.6 Å². The van der Waals surface area contributed by atoms with E-state index < -0.39 is 6.36 Å². The number of nitrogens with one attached hydrogen (secondary N) is 1. The number of anilines is 1. The van der Waals surface area contributed by atoms with Crippen LogP contribution in [0.5, 0.6) is 28.7 Å². The molecular weight excluding hydrogens is 521 g/mol. The highest BCUT2D eigenvalue weighted by atomic mass is 32.1. The van der Waals surface area contributed by atoms with E-state index >= 15 is 0 Å². The average Bonchev–Trinajstić information content (AvgIpc) is 2.91. The van der Waals surface area contributed by atoms with Gasteiger partial charge in [0.2, 0.25) is 0 Å². The molecule has 202 valence electrons. The molecule has 0 aliphatic carbocycles. The van der Waals surface area contributed by atoms with Crippen LogP contribution in [0.3, 0.4) is 0 Å². The summed E-state index contributed by atoms with van der Waals surface area (Å²) in [6, 6.07) is 16.3. The van der Waals surface area contributed by atoms with Crippen LogP contribution in [0.15, 0.2) is 60.7 Å². The van der Waals surface area contributed by atoms with E-state index in [0.29, 0.717) is 41.0 Å². The van der Waals surface area contributed by atoms with E-state index in [1.807, 2.05) is 41.3 Å². The average molecular weight is 549 g/mol. The number of fused-ring (bicyclic) bond motifs is 1. The largest absolute Gasteiger partial charge is 0.573 e. The predicted octanol–water partition coefficient (Wildman–Crippen LogP) is 5.99. The van der Waals surface area contributed by atoms with Gasteiger partial charge in [-0.1, -0.05) is 0 Å². The van der Waals surface area contributed by atoms with Crippen LogP contribution < -0.4 is 29.0 Å². The molecule has 0 saturated heterocycles. The summed E-state index contributed by atoms with van der Waals surface area (Å²) < 4.78 is 63.8. The molecule has 0 bridgehead atoms. The summed E-state index contributed by atoms with van der Waals surface area (Å²) in [5.74, 6) is 2.29. The second kappa shape index (κ2) is 11.7. The zero-order valence-corrected chi connectivity index (χ0v) is 21.8. The van der Waals surface area contributed by atoms with Crippen molar-refractivity contribution in [2.45, 2.75) is 18.8 Å². The highest BCUT2D eigenvalue weighted by molar-refractivity contribution is 7.80. The fraction of sp³-hybridized carbons (Fsp3) is 0.296. The Kier molecular flexibility index (Phi) is 8.35. The third-order valence-corrected chi connectivity index (χ3v) is 6.41. The van der Waals surface area contributed by atoms with Crippen molar-refractivity contribution in [2.75, 3.05) is 39.8 Å². The van der Waals surface area contributed by atoms with Crippen LogP contribution in [0.25, 0.3) is 0 Å². The molecule has 3 aromatic rings. The third kappa shape index (κ3) is 6.52. The van der Waals surface area contributed by atoms with Gasteiger partial charge in [-0.3, -0.25) is 0 Å². The minimum absolute atomic E-state index is 0.273. The van der Waals surface area contributed by atoms with Gasteiger partial charge in [0.25, 0.3) is 0 Å². The van der Waals surface area contributed by atoms with Crippen molar-refractivity contribution in [2.24, 2.45) is 0 Å². The lowest BCUT2D eigenvalue weighted by molar-refractivity contribution is -0.274. The molecule has 1 heterocycles. The second-order valence-corrected chi connectivity index (χ2v) is 8.74. The molecule has 1 aliphatic rings. The predicted molar refractivity (Wildman–Crippen MR) is 141 cm³/mol. The molecule has 3 aromatic carbocycles. The number of rotatable bonds is 8. The molecule has 1 N–H and O–H groups in total. The fourth-order valence-electron chi connectivity index (χ4n) is 4.23. The van der Waals surface area contributed by atoms with Crippen LogP contribution in [-0.4, -0.2) is 50.9 Å². The van der Waals surface area contributed by atoms with Gasteiger partial charge in [0.05, 0.1) is 27.4 Å². The minimum Gasteiger partial charge on any atom is -0.497 e. The third-order valence-electron chi connectivity index (χ3n) is 6.07. The van der Waals surface area contributed by atoms with E-state index in [4.69, 9.17) is 31.2 Å². The maximum absolute atomic E-state index is 12.5. The molecule has 0 amide bonds. The van der Waals surface area contributed by atoms with E-state index in [1.54, 1.807) is 21.3 Å². The maximum Gasteiger partial charge on any atom is 0.573 e. The van der Waals surface area contributed by atoms with E-state index in [2.05, 4.69) is 10.1 Å². The molecule has 4 rings (SSSR count). The summed E-state index contributed by atoms with van der Waals surface area (Å²) in [5, 5.41) is 3.52. The molecule has 0 spiro atoms. The Morgan fingerprint density at radius 1 is 0.895 bits per heavy atom. The van der Waals surface area contributed by atoms with Crippen molar-refractivity contribution in [3.63, 3.8) is 0 Å². The van der Waals surface area contributed by atoms with E-state index in [-0.39, 0.29) is 18.4 Å². The standard InChI is InChI=1S/C27H27F3N2O5S/c1-33-19-8-10-20(11-9-19)36-16-23-22-15-25(35-3)24(34-2)14-17(22)12-13-32(23)26(38)31-18-4-6-21(7-5-18)37-27(28,29)30/h4-11,14-15,23H,12-13,16H2,1-3H3,(H,31,38). The second-order valence-electron chi connectivity index (χ2n) is 8.35. The quantitative estimate of drug-likeness (QED) is 0.345. The molecule has 1 unspecified atom stereocenters. The number of benzene rings is 3. The fourth-order valence-corrected chi connectivity index (χ4v) is 4.57. The number of hydrogen-bond acceptors (Lipinski definition) is 6. The summed E-state index contributed by atoms with van der Waals surface area (Å²) in [6.07, 6.45) is -4.07. The van der Waals surface area contributed by atoms with Crippen molar-refractivity contribution in [1.29, 1.82) is 0 Å². The first-order valence-electron chi connectivity index (χ1n) is 11.7. The first kappa shape index (κ1) is 27.2. The van der Waals surface area contributed by atoms with Gasteiger partial charge < -0.3 is 33.9 Å². The van der Waals surface area contributed by atoms with E-state index in [0.717, 1.165) is 16.9 Å². The van der Waals surface area contributed by atoms with E-state index in [9.17, 15) is 13.2 Å². The Morgan fingerprint density at radius 2 is 1.50 bits per heavy atom. The molecule has 0 saturated carbocycles. The van der Waals surface area contributed by atoms with Crippen LogP contribution in [0.2, 0.25) is 0 Å². The summed E-state index contributed by atoms with van der Waals surface area (Å²) in [7, 11) is 4.76. The van der Waals surface area contributed by atoms with E-state index in [1.165, 1.54) is 24.3 Å². The molecule has 1 aliphatic heterocycles. The topological polar surface area (TPSA) is 61.4 Å². The Balaban J connectivity index is 1.57. The molecule has 0 radical (unpaired) electrons. The summed E-state index contributed by atoms with van der Waals surface area (Å²) in [6.45, 7) is 0.856. The normalized spacial score (nSPS) is 14.8. The van der Waals surface area contributed by atoms with Gasteiger partial charge in [-0.15, -0.1) is 13.2 Å². The van der Waals surface area contributed by atoms with Crippen molar-refractivity contribution in [1.82, 2.24) is 4.90 Å². The number of methoxy groups -OCH3 is 3. The minimum atomic E-state index is -4.76. The molecular formula is C27H27F3N2O5S. The number of nitrogens with zero attached hydrogens (tertiary/aromatic N) is 1. The number of alkyl halides is 3. The van der Waals surface area contributed by atoms with Crippen LogP contribution in [0.4, 0.5) is 18.9 Å². The molecule has 11 heteroatoms. The van der Waals surface area contributed by atoms with Crippen molar-refractivity contribution < 1.29 is 36.9 Å². The smallest absolute Gasteiger partial charge is 0.497 e. The Morgan fingerprint density at radius 3 is 2.11 bits per heavy atom. The van der Waals surface area contributed by atoms with Crippen LogP contribution >= 0.6 is 12.2 Å². The first-order valence-corrected chi connectivity index (χ1v) is 12.1. The molecule has 38 heavy (non-hydrogen) atoms. The Bertz CT molecular complexity index is 1250. The molecule has 0 aromatic heterocycles. The van der Waals surface area contributed by atoms with Gasteiger partial charge in [0, 0.05) is 12.2 Å². The summed E-state index contributed by atoms with van der Waals surface area (Å²) in [4.78, 5) is 1.99. The van der Waals surface area contributed by atoms with Gasteiger partial charge in [0.1, 0.15) is 23.9 Å². The molecule has 0 fully saturated rings. The van der Waals surface area contributed by atoms with Crippen LogP contribution in [-0.2, 0) is 6.42 Å². The summed E-state index contributed by atoms with van der Waals surface area (Å²) in [5.41, 5.74) is 2.58. The number of hydrogen-bond donors (Lipinski definition) is 1. The van der Waals surface area contributed by atoms with Crippen LogP contribution in [0, 0.1) is 0 Å². The van der Waals surface area contributed by atoms with Crippen molar-refractivity contribution >= 4 is 23.0 Å². The monoisotopic (exact) mass is 548 g/mol. The van der Waals surface area contributed by atoms with Crippen molar-refractivity contribution in [3.05, 3.63) is 71.8 Å². The molecule has 1 atom stereocenters. The van der Waals surface area contributed by atoms with Gasteiger partial charge >= 0.3 is 6.36 Å². The van der Waals surface area contributed by atoms with Crippen LogP contribution in [0.1, 0.15) is 17.2 Å². The maximum atomic E-state index is 12.5. The number of ether oxygens (including phenoxy) is 5. The highest BCUT2D eigenvalue weighted by Crippen LogP contribution is 2.39. The van der Waals surface area contributed by atoms with Gasteiger partial charge in [-0.25, -0.2) is 0 Å². The summed E-state index contributed by atoms with van der Waals surface area (Å²) >= 11 is 5.73. The zero-order valence-electron chi connectivity index (χ0n) is 21.0. The lowest BCUT2D eigenvalue weighted by Gasteiger charge is -2.39. The Hall–Kier alpha value is -3.86.